The Morgan fingerprint density at radius 3 is 0.875 bits per heavy atom. The number of hydrogen-bond donors (Lipinski definition) is 0. The van der Waals surface area contributed by atoms with Crippen molar-refractivity contribution >= 4 is 0 Å². The van der Waals surface area contributed by atoms with Gasteiger partial charge in [0.1, 0.15) is 13.2 Å². The van der Waals surface area contributed by atoms with Crippen LogP contribution in [0.2, 0.25) is 0 Å². The Bertz CT molecular complexity index is 436. The van der Waals surface area contributed by atoms with Crippen molar-refractivity contribution in [3.05, 3.63) is 11.1 Å². The molecule has 0 aromatic rings. The molecule has 0 aromatic carbocycles. The average Bonchev–Trinajstić information content (AvgIpc) is 2.46. The highest BCUT2D eigenvalue weighted by molar-refractivity contribution is 5.33. The summed E-state index contributed by atoms with van der Waals surface area (Å²) in [6, 6.07) is 0. The van der Waals surface area contributed by atoms with Crippen LogP contribution < -0.4 is 0 Å². The summed E-state index contributed by atoms with van der Waals surface area (Å²) in [4.78, 5) is 8.44. The molecular weight excluding hydrogens is 296 g/mol. The molecule has 9 rings (SSSR count). The lowest BCUT2D eigenvalue weighted by Gasteiger charge is -2.57. The van der Waals surface area contributed by atoms with Crippen molar-refractivity contribution in [2.45, 2.75) is 64.2 Å². The Labute approximate surface area is 146 Å². The molecular formula is C22H32O2. The first-order chi connectivity index (χ1) is 11.8. The van der Waals surface area contributed by atoms with Gasteiger partial charge in [0.2, 0.25) is 0 Å². The second-order valence-electron chi connectivity index (χ2n) is 10.2. The van der Waals surface area contributed by atoms with Gasteiger partial charge >= 0.3 is 0 Å². The van der Waals surface area contributed by atoms with Crippen molar-refractivity contribution in [1.82, 2.24) is 0 Å². The highest BCUT2D eigenvalue weighted by atomic mass is 17.2. The first kappa shape index (κ1) is 14.8. The molecule has 1 heterocycles. The van der Waals surface area contributed by atoms with E-state index in [1.807, 2.05) is 0 Å². The van der Waals surface area contributed by atoms with Gasteiger partial charge in [-0.15, -0.1) is 0 Å². The fraction of sp³-hybridized carbons (Fsp3) is 0.909. The van der Waals surface area contributed by atoms with Gasteiger partial charge in [-0.05, 0) is 112 Å². The van der Waals surface area contributed by atoms with E-state index in [4.69, 9.17) is 0 Å². The van der Waals surface area contributed by atoms with Crippen LogP contribution in [0.3, 0.4) is 0 Å². The molecule has 0 unspecified atom stereocenters. The third-order valence-corrected chi connectivity index (χ3v) is 8.70. The van der Waals surface area contributed by atoms with Crippen LogP contribution in [0.4, 0.5) is 0 Å². The van der Waals surface area contributed by atoms with Gasteiger partial charge in [-0.3, -0.25) is 0 Å². The summed E-state index contributed by atoms with van der Waals surface area (Å²) in [7, 11) is 0. The fourth-order valence-corrected chi connectivity index (χ4v) is 8.41. The molecule has 8 aliphatic carbocycles. The maximum atomic E-state index is 4.22. The SMILES string of the molecule is C1C2CC3CC1CC(C2)C3=C1C2CC3CC(C2)CC1C3.C1COO1. The summed E-state index contributed by atoms with van der Waals surface area (Å²) in [5.41, 5.74) is 4.21. The van der Waals surface area contributed by atoms with E-state index in [2.05, 4.69) is 20.9 Å². The molecule has 9 aliphatic rings. The standard InChI is InChI=1S/C20H28.C2H4O2/c1-11-3-15-5-12(1)6-16(4-11)19(15)20-17-7-13-2-14(9-17)10-18(20)8-13;1-2-4-3-1/h11-18H,1-10H2;1-2H2. The van der Waals surface area contributed by atoms with E-state index >= 15 is 0 Å². The molecule has 8 saturated carbocycles. The van der Waals surface area contributed by atoms with Gasteiger partial charge in [0, 0.05) is 0 Å². The van der Waals surface area contributed by atoms with Crippen molar-refractivity contribution in [3.8, 4) is 0 Å². The normalized spacial score (nSPS) is 53.0. The van der Waals surface area contributed by atoms with Crippen molar-refractivity contribution < 1.29 is 9.78 Å². The van der Waals surface area contributed by atoms with E-state index in [1.165, 1.54) is 0 Å². The molecule has 0 aromatic heterocycles. The van der Waals surface area contributed by atoms with Crippen LogP contribution in [0.5, 0.6) is 0 Å². The fourth-order valence-electron chi connectivity index (χ4n) is 8.41. The van der Waals surface area contributed by atoms with E-state index in [1.54, 1.807) is 64.2 Å². The van der Waals surface area contributed by atoms with Crippen LogP contribution in [0.1, 0.15) is 64.2 Å². The Balaban J connectivity index is 0.000000267. The predicted molar refractivity (Wildman–Crippen MR) is 93.0 cm³/mol. The maximum absolute atomic E-state index is 4.22. The molecule has 0 radical (unpaired) electrons. The first-order valence-electron chi connectivity index (χ1n) is 10.8. The highest BCUT2D eigenvalue weighted by Crippen LogP contribution is 2.63. The minimum absolute atomic E-state index is 0.778. The van der Waals surface area contributed by atoms with Gasteiger partial charge in [-0.25, -0.2) is 9.78 Å². The average molecular weight is 328 g/mol. The van der Waals surface area contributed by atoms with Gasteiger partial charge in [0.05, 0.1) is 0 Å². The summed E-state index contributed by atoms with van der Waals surface area (Å²) in [6.07, 6.45) is 16.0. The molecule has 24 heavy (non-hydrogen) atoms. The second-order valence-corrected chi connectivity index (χ2v) is 10.2. The maximum Gasteiger partial charge on any atom is 0.109 e. The summed E-state index contributed by atoms with van der Waals surface area (Å²) < 4.78 is 0. The molecule has 2 nitrogen and oxygen atoms in total. The Hall–Kier alpha value is -0.340. The smallest absolute Gasteiger partial charge is 0.109 e. The van der Waals surface area contributed by atoms with Crippen LogP contribution in [0, 0.1) is 47.3 Å². The van der Waals surface area contributed by atoms with Crippen LogP contribution in [-0.4, -0.2) is 13.2 Å². The quantitative estimate of drug-likeness (QED) is 0.452. The molecule has 1 aliphatic heterocycles. The lowest BCUT2D eigenvalue weighted by atomic mass is 9.48. The number of rotatable bonds is 0. The molecule has 0 atom stereocenters. The molecule has 1 saturated heterocycles. The summed E-state index contributed by atoms with van der Waals surface area (Å²) >= 11 is 0. The van der Waals surface area contributed by atoms with Crippen molar-refractivity contribution in [2.75, 3.05) is 13.2 Å². The summed E-state index contributed by atoms with van der Waals surface area (Å²) in [5, 5.41) is 0. The van der Waals surface area contributed by atoms with Crippen molar-refractivity contribution in [2.24, 2.45) is 47.3 Å². The van der Waals surface area contributed by atoms with Crippen LogP contribution >= 0.6 is 0 Å². The van der Waals surface area contributed by atoms with Crippen LogP contribution in [0.25, 0.3) is 0 Å². The van der Waals surface area contributed by atoms with Gasteiger partial charge < -0.3 is 0 Å². The van der Waals surface area contributed by atoms with Crippen molar-refractivity contribution in [1.29, 1.82) is 0 Å². The largest absolute Gasteiger partial charge is 0.234 e. The third-order valence-electron chi connectivity index (χ3n) is 8.70. The van der Waals surface area contributed by atoms with Gasteiger partial charge in [-0.1, -0.05) is 11.1 Å². The molecule has 8 bridgehead atoms. The minimum Gasteiger partial charge on any atom is -0.234 e. The monoisotopic (exact) mass is 328 g/mol. The Morgan fingerprint density at radius 1 is 0.417 bits per heavy atom. The van der Waals surface area contributed by atoms with Gasteiger partial charge in [0.15, 0.2) is 0 Å². The lowest BCUT2D eigenvalue weighted by molar-refractivity contribution is -0.382. The molecule has 0 N–H and O–H groups in total. The van der Waals surface area contributed by atoms with Gasteiger partial charge in [0.25, 0.3) is 0 Å². The predicted octanol–water partition coefficient (Wildman–Crippen LogP) is 5.14. The van der Waals surface area contributed by atoms with E-state index in [-0.39, 0.29) is 0 Å². The lowest BCUT2D eigenvalue weighted by Crippen LogP contribution is -2.46. The first-order valence-corrected chi connectivity index (χ1v) is 10.8. The zero-order chi connectivity index (χ0) is 15.7. The van der Waals surface area contributed by atoms with E-state index in [9.17, 15) is 0 Å². The summed E-state index contributed by atoms with van der Waals surface area (Å²) in [5.74, 6) is 8.82. The summed E-state index contributed by atoms with van der Waals surface area (Å²) in [6.45, 7) is 1.56. The highest BCUT2D eigenvalue weighted by Gasteiger charge is 2.51. The van der Waals surface area contributed by atoms with Crippen molar-refractivity contribution in [3.63, 3.8) is 0 Å². The third kappa shape index (κ3) is 2.28. The van der Waals surface area contributed by atoms with Crippen LogP contribution in [0.15, 0.2) is 11.1 Å². The zero-order valence-electron chi connectivity index (χ0n) is 14.9. The van der Waals surface area contributed by atoms with E-state index < -0.39 is 0 Å². The molecule has 0 amide bonds. The molecule has 9 fully saturated rings. The molecule has 2 heteroatoms. The Kier molecular flexibility index (Phi) is 3.44. The molecule has 0 spiro atoms. The van der Waals surface area contributed by atoms with Crippen LogP contribution in [-0.2, 0) is 9.78 Å². The van der Waals surface area contributed by atoms with E-state index in [0.717, 1.165) is 60.6 Å². The number of hydrogen-bond acceptors (Lipinski definition) is 2. The topological polar surface area (TPSA) is 18.5 Å². The second kappa shape index (κ2) is 5.58. The van der Waals surface area contributed by atoms with Gasteiger partial charge in [-0.2, -0.15) is 0 Å². The number of allylic oxidation sites excluding steroid dienone is 2. The van der Waals surface area contributed by atoms with E-state index in [0.29, 0.717) is 0 Å². The minimum atomic E-state index is 0.778. The zero-order valence-corrected chi connectivity index (χ0v) is 14.9. The molecule has 132 valence electrons. The Morgan fingerprint density at radius 2 is 0.667 bits per heavy atom.